The van der Waals surface area contributed by atoms with Gasteiger partial charge in [0, 0.05) is 29.0 Å². The molecule has 0 radical (unpaired) electrons. The van der Waals surface area contributed by atoms with Crippen molar-refractivity contribution < 1.29 is 13.2 Å². The molecular formula is C28H27ClN2O3S. The summed E-state index contributed by atoms with van der Waals surface area (Å²) in [4.78, 5) is 18.7. The number of benzene rings is 3. The molecule has 0 saturated carbocycles. The SMILES string of the molecule is Cc1ccc2[nH]c(C(=O)N3CCC(Cc4ccccc4)CC3)c(S(=O)(=O)c3ccc(Cl)cc3)c2c1. The van der Waals surface area contributed by atoms with Crippen LogP contribution in [0.1, 0.15) is 34.5 Å². The summed E-state index contributed by atoms with van der Waals surface area (Å²) in [5.41, 5.74) is 2.98. The Labute approximate surface area is 210 Å². The molecule has 1 saturated heterocycles. The van der Waals surface area contributed by atoms with Crippen molar-refractivity contribution >= 4 is 38.2 Å². The summed E-state index contributed by atoms with van der Waals surface area (Å²) >= 11 is 5.99. The highest BCUT2D eigenvalue weighted by Gasteiger charge is 2.33. The third-order valence-corrected chi connectivity index (χ3v) is 8.89. The number of rotatable bonds is 5. The van der Waals surface area contributed by atoms with Crippen LogP contribution in [0, 0.1) is 12.8 Å². The predicted octanol–water partition coefficient (Wildman–Crippen LogP) is 6.06. The first-order chi connectivity index (χ1) is 16.8. The van der Waals surface area contributed by atoms with E-state index < -0.39 is 9.84 Å². The average molecular weight is 507 g/mol. The van der Waals surface area contributed by atoms with Crippen molar-refractivity contribution in [2.24, 2.45) is 5.92 Å². The molecule has 0 atom stereocenters. The lowest BCUT2D eigenvalue weighted by atomic mass is 9.90. The molecule has 7 heteroatoms. The maximum atomic E-state index is 13.8. The van der Waals surface area contributed by atoms with E-state index >= 15 is 0 Å². The van der Waals surface area contributed by atoms with E-state index in [1.807, 2.05) is 43.3 Å². The highest BCUT2D eigenvalue weighted by atomic mass is 35.5. The topological polar surface area (TPSA) is 70.2 Å². The Hall–Kier alpha value is -3.09. The highest BCUT2D eigenvalue weighted by molar-refractivity contribution is 7.91. The lowest BCUT2D eigenvalue weighted by Crippen LogP contribution is -2.39. The molecule has 180 valence electrons. The fourth-order valence-corrected chi connectivity index (χ4v) is 6.61. The Morgan fingerprint density at radius 2 is 1.69 bits per heavy atom. The second kappa shape index (κ2) is 9.51. The minimum Gasteiger partial charge on any atom is -0.349 e. The molecule has 1 fully saturated rings. The lowest BCUT2D eigenvalue weighted by molar-refractivity contribution is 0.0681. The maximum absolute atomic E-state index is 13.8. The van der Waals surface area contributed by atoms with Gasteiger partial charge in [-0.05, 0) is 74.1 Å². The number of hydrogen-bond donors (Lipinski definition) is 1. The van der Waals surface area contributed by atoms with E-state index in [1.54, 1.807) is 17.0 Å². The number of nitrogens with zero attached hydrogens (tertiary/aromatic N) is 1. The Morgan fingerprint density at radius 1 is 1.00 bits per heavy atom. The summed E-state index contributed by atoms with van der Waals surface area (Å²) in [5.74, 6) is 0.230. The highest BCUT2D eigenvalue weighted by Crippen LogP contribution is 2.34. The van der Waals surface area contributed by atoms with Crippen molar-refractivity contribution in [3.05, 3.63) is 94.6 Å². The smallest absolute Gasteiger partial charge is 0.271 e. The van der Waals surface area contributed by atoms with Crippen molar-refractivity contribution in [1.82, 2.24) is 9.88 Å². The summed E-state index contributed by atoms with van der Waals surface area (Å²) in [6.45, 7) is 3.11. The molecule has 4 aromatic rings. The minimum absolute atomic E-state index is 0.0370. The molecule has 35 heavy (non-hydrogen) atoms. The number of aromatic amines is 1. The fourth-order valence-electron chi connectivity index (χ4n) is 4.89. The van der Waals surface area contributed by atoms with Gasteiger partial charge in [0.25, 0.3) is 5.91 Å². The molecule has 0 aliphatic carbocycles. The molecule has 1 aromatic heterocycles. The van der Waals surface area contributed by atoms with Gasteiger partial charge in [-0.3, -0.25) is 4.79 Å². The zero-order chi connectivity index (χ0) is 24.6. The molecule has 5 nitrogen and oxygen atoms in total. The van der Waals surface area contributed by atoms with Crippen molar-refractivity contribution in [3.63, 3.8) is 0 Å². The van der Waals surface area contributed by atoms with E-state index in [0.29, 0.717) is 34.9 Å². The number of sulfone groups is 1. The number of piperidine rings is 1. The summed E-state index contributed by atoms with van der Waals surface area (Å²) in [5, 5.41) is 0.982. The van der Waals surface area contributed by atoms with Crippen LogP contribution in [0.5, 0.6) is 0 Å². The van der Waals surface area contributed by atoms with Crippen molar-refractivity contribution in [1.29, 1.82) is 0 Å². The van der Waals surface area contributed by atoms with Gasteiger partial charge in [-0.25, -0.2) is 8.42 Å². The summed E-state index contributed by atoms with van der Waals surface area (Å²) < 4.78 is 27.5. The molecule has 3 aromatic carbocycles. The molecular weight excluding hydrogens is 480 g/mol. The van der Waals surface area contributed by atoms with Crippen molar-refractivity contribution in [2.45, 2.75) is 36.0 Å². The van der Waals surface area contributed by atoms with E-state index in [9.17, 15) is 13.2 Å². The number of halogens is 1. The van der Waals surface area contributed by atoms with E-state index in [4.69, 9.17) is 11.6 Å². The van der Waals surface area contributed by atoms with E-state index in [2.05, 4.69) is 17.1 Å². The summed E-state index contributed by atoms with van der Waals surface area (Å²) in [6, 6.07) is 22.0. The van der Waals surface area contributed by atoms with E-state index in [1.165, 1.54) is 17.7 Å². The Balaban J connectivity index is 1.46. The zero-order valence-electron chi connectivity index (χ0n) is 19.5. The van der Waals surface area contributed by atoms with Crippen LogP contribution in [0.2, 0.25) is 5.02 Å². The van der Waals surface area contributed by atoms with E-state index in [-0.39, 0.29) is 21.4 Å². The van der Waals surface area contributed by atoms with Gasteiger partial charge < -0.3 is 9.88 Å². The lowest BCUT2D eigenvalue weighted by Gasteiger charge is -2.32. The zero-order valence-corrected chi connectivity index (χ0v) is 21.1. The van der Waals surface area contributed by atoms with Crippen LogP contribution in [-0.2, 0) is 16.3 Å². The first kappa shape index (κ1) is 23.6. The number of carbonyl (C=O) groups is 1. The van der Waals surface area contributed by atoms with Crippen LogP contribution in [0.15, 0.2) is 82.6 Å². The first-order valence-corrected chi connectivity index (χ1v) is 13.7. The molecule has 1 N–H and O–H groups in total. The molecule has 1 amide bonds. The van der Waals surface area contributed by atoms with Gasteiger partial charge in [0.15, 0.2) is 0 Å². The van der Waals surface area contributed by atoms with Crippen LogP contribution in [0.3, 0.4) is 0 Å². The first-order valence-electron chi connectivity index (χ1n) is 11.8. The molecule has 1 aliphatic rings. The summed E-state index contributed by atoms with van der Waals surface area (Å²) in [6.07, 6.45) is 2.77. The number of likely N-dealkylation sites (tertiary alicyclic amines) is 1. The standard InChI is InChI=1S/C28H27ClN2O3S/c1-19-7-12-25-24(17-19)27(35(33,34)23-10-8-22(29)9-11-23)26(30-25)28(32)31-15-13-21(14-16-31)18-20-5-3-2-4-6-20/h2-12,17,21,30H,13-16,18H2,1H3. The maximum Gasteiger partial charge on any atom is 0.271 e. The number of fused-ring (bicyclic) bond motifs is 1. The second-order valence-electron chi connectivity index (χ2n) is 9.26. The molecule has 2 heterocycles. The van der Waals surface area contributed by atoms with Crippen LogP contribution < -0.4 is 0 Å². The fraction of sp³-hybridized carbons (Fsp3) is 0.250. The van der Waals surface area contributed by atoms with Gasteiger partial charge in [-0.2, -0.15) is 0 Å². The quantitative estimate of drug-likeness (QED) is 0.358. The van der Waals surface area contributed by atoms with Crippen LogP contribution >= 0.6 is 11.6 Å². The van der Waals surface area contributed by atoms with Crippen molar-refractivity contribution in [3.8, 4) is 0 Å². The third kappa shape index (κ3) is 4.73. The second-order valence-corrected chi connectivity index (χ2v) is 11.6. The normalized spacial score (nSPS) is 15.0. The molecule has 0 bridgehead atoms. The van der Waals surface area contributed by atoms with Gasteiger partial charge in [-0.1, -0.05) is 53.6 Å². The Bertz CT molecular complexity index is 1470. The van der Waals surface area contributed by atoms with Gasteiger partial charge in [-0.15, -0.1) is 0 Å². The number of H-pyrrole nitrogens is 1. The minimum atomic E-state index is -3.96. The van der Waals surface area contributed by atoms with Gasteiger partial charge in [0.05, 0.1) is 4.90 Å². The number of nitrogens with one attached hydrogen (secondary N) is 1. The van der Waals surface area contributed by atoms with Gasteiger partial charge >= 0.3 is 0 Å². The monoisotopic (exact) mass is 506 g/mol. The Kier molecular flexibility index (Phi) is 6.43. The number of carbonyl (C=O) groups excluding carboxylic acids is 1. The molecule has 5 rings (SSSR count). The van der Waals surface area contributed by atoms with Gasteiger partial charge in [0.2, 0.25) is 9.84 Å². The molecule has 0 spiro atoms. The number of aryl methyl sites for hydroxylation is 1. The average Bonchev–Trinajstić information content (AvgIpc) is 3.24. The Morgan fingerprint density at radius 3 is 2.37 bits per heavy atom. The third-order valence-electron chi connectivity index (χ3n) is 6.78. The van der Waals surface area contributed by atoms with Gasteiger partial charge in [0.1, 0.15) is 10.6 Å². The molecule has 0 unspecified atom stereocenters. The number of aromatic nitrogens is 1. The number of amides is 1. The predicted molar refractivity (Wildman–Crippen MR) is 139 cm³/mol. The van der Waals surface area contributed by atoms with Crippen LogP contribution in [0.25, 0.3) is 10.9 Å². The largest absolute Gasteiger partial charge is 0.349 e. The van der Waals surface area contributed by atoms with E-state index in [0.717, 1.165) is 24.8 Å². The van der Waals surface area contributed by atoms with Crippen molar-refractivity contribution in [2.75, 3.05) is 13.1 Å². The van der Waals surface area contributed by atoms with Crippen LogP contribution in [-0.4, -0.2) is 37.3 Å². The van der Waals surface area contributed by atoms with Crippen LogP contribution in [0.4, 0.5) is 0 Å². The number of hydrogen-bond acceptors (Lipinski definition) is 3. The summed E-state index contributed by atoms with van der Waals surface area (Å²) in [7, 11) is -3.96. The molecule has 1 aliphatic heterocycles.